The van der Waals surface area contributed by atoms with Gasteiger partial charge in [0.1, 0.15) is 6.04 Å². The van der Waals surface area contributed by atoms with Crippen molar-refractivity contribution in [2.24, 2.45) is 5.92 Å². The predicted molar refractivity (Wildman–Crippen MR) is 74.0 cm³/mol. The molecule has 0 aliphatic carbocycles. The van der Waals surface area contributed by atoms with E-state index in [4.69, 9.17) is 5.11 Å². The minimum Gasteiger partial charge on any atom is -0.480 e. The molecule has 0 amide bonds. The second kappa shape index (κ2) is 6.78. The molecule has 0 saturated heterocycles. The number of carbonyl (C=O) groups is 1. The Morgan fingerprint density at radius 1 is 1.45 bits per heavy atom. The van der Waals surface area contributed by atoms with Crippen molar-refractivity contribution in [1.29, 1.82) is 0 Å². The Morgan fingerprint density at radius 3 is 2.55 bits per heavy atom. The van der Waals surface area contributed by atoms with Gasteiger partial charge in [-0.05, 0) is 18.1 Å². The van der Waals surface area contributed by atoms with E-state index >= 15 is 0 Å². The fourth-order valence-electron chi connectivity index (χ4n) is 1.53. The summed E-state index contributed by atoms with van der Waals surface area (Å²) in [6.07, 6.45) is 1.57. The summed E-state index contributed by atoms with van der Waals surface area (Å²) in [5.74, 6) is -1.56. The Balaban J connectivity index is 2.80. The summed E-state index contributed by atoms with van der Waals surface area (Å²) in [7, 11) is -2.51. The van der Waals surface area contributed by atoms with Gasteiger partial charge in [-0.25, -0.2) is 0 Å². The van der Waals surface area contributed by atoms with Crippen LogP contribution in [-0.2, 0) is 21.5 Å². The van der Waals surface area contributed by atoms with Gasteiger partial charge < -0.3 is 5.11 Å². The van der Waals surface area contributed by atoms with Crippen LogP contribution in [0.2, 0.25) is 0 Å². The molecular weight excluding hydrogens is 282 g/mol. The minimum atomic E-state index is -3.89. The first-order valence-electron chi connectivity index (χ1n) is 6.10. The summed E-state index contributed by atoms with van der Waals surface area (Å²) >= 11 is 0. The summed E-state index contributed by atoms with van der Waals surface area (Å²) in [5.41, 5.74) is 0.580. The van der Waals surface area contributed by atoms with Gasteiger partial charge in [-0.2, -0.15) is 17.4 Å². The van der Waals surface area contributed by atoms with Crippen LogP contribution in [0.4, 0.5) is 0 Å². The van der Waals surface area contributed by atoms with Crippen LogP contribution in [0.5, 0.6) is 0 Å². The molecule has 1 aromatic rings. The maximum atomic E-state index is 12.1. The molecule has 0 aliphatic rings. The summed E-state index contributed by atoms with van der Waals surface area (Å²) in [4.78, 5) is 15.1. The van der Waals surface area contributed by atoms with Crippen molar-refractivity contribution in [3.05, 3.63) is 30.1 Å². The van der Waals surface area contributed by atoms with Gasteiger partial charge in [0.05, 0.1) is 12.2 Å². The highest BCUT2D eigenvalue weighted by atomic mass is 32.2. The number of aliphatic carboxylic acids is 1. The van der Waals surface area contributed by atoms with Crippen molar-refractivity contribution < 1.29 is 18.3 Å². The van der Waals surface area contributed by atoms with Crippen molar-refractivity contribution in [3.8, 4) is 0 Å². The van der Waals surface area contributed by atoms with Crippen LogP contribution in [0.15, 0.2) is 24.4 Å². The lowest BCUT2D eigenvalue weighted by Gasteiger charge is -2.22. The Bertz CT molecular complexity index is 545. The monoisotopic (exact) mass is 301 g/mol. The molecule has 112 valence electrons. The molecule has 0 bridgehead atoms. The van der Waals surface area contributed by atoms with E-state index in [0.717, 1.165) is 4.31 Å². The van der Waals surface area contributed by atoms with E-state index in [-0.39, 0.29) is 12.5 Å². The van der Waals surface area contributed by atoms with Crippen LogP contribution in [0.1, 0.15) is 19.5 Å². The molecule has 1 aromatic heterocycles. The normalized spacial score (nSPS) is 13.7. The molecule has 0 saturated carbocycles. The number of carboxylic acids is 1. The Morgan fingerprint density at radius 2 is 2.10 bits per heavy atom. The molecular formula is C12H19N3O4S. The second-order valence-corrected chi connectivity index (χ2v) is 6.57. The third-order valence-corrected chi connectivity index (χ3v) is 4.23. The van der Waals surface area contributed by atoms with Gasteiger partial charge >= 0.3 is 5.97 Å². The van der Waals surface area contributed by atoms with E-state index < -0.39 is 22.2 Å². The molecule has 7 nitrogen and oxygen atoms in total. The van der Waals surface area contributed by atoms with Gasteiger partial charge in [0, 0.05) is 13.2 Å². The molecule has 20 heavy (non-hydrogen) atoms. The van der Waals surface area contributed by atoms with Crippen molar-refractivity contribution in [2.45, 2.75) is 26.4 Å². The summed E-state index contributed by atoms with van der Waals surface area (Å²) in [6.45, 7) is 3.35. The van der Waals surface area contributed by atoms with Gasteiger partial charge in [-0.3, -0.25) is 9.78 Å². The van der Waals surface area contributed by atoms with Crippen LogP contribution < -0.4 is 4.72 Å². The van der Waals surface area contributed by atoms with Crippen LogP contribution in [0.25, 0.3) is 0 Å². The lowest BCUT2D eigenvalue weighted by atomic mass is 10.1. The van der Waals surface area contributed by atoms with Crippen molar-refractivity contribution in [1.82, 2.24) is 14.0 Å². The van der Waals surface area contributed by atoms with Crippen LogP contribution in [0, 0.1) is 5.92 Å². The highest BCUT2D eigenvalue weighted by Gasteiger charge is 2.29. The first-order chi connectivity index (χ1) is 9.24. The highest BCUT2D eigenvalue weighted by Crippen LogP contribution is 2.08. The van der Waals surface area contributed by atoms with Crippen molar-refractivity contribution in [2.75, 3.05) is 7.05 Å². The highest BCUT2D eigenvalue weighted by molar-refractivity contribution is 7.87. The molecule has 1 unspecified atom stereocenters. The van der Waals surface area contributed by atoms with Crippen LogP contribution >= 0.6 is 0 Å². The number of carboxylic acid groups (broad SMARTS) is 1. The molecule has 0 aromatic carbocycles. The van der Waals surface area contributed by atoms with E-state index in [0.29, 0.717) is 5.69 Å². The molecule has 1 rings (SSSR count). The standard InChI is InChI=1S/C12H19N3O4S/c1-9(2)11(12(16)17)14-20(18,19)15(3)8-10-6-4-5-7-13-10/h4-7,9,11,14H,8H2,1-3H3,(H,16,17). The van der Waals surface area contributed by atoms with E-state index in [1.807, 2.05) is 0 Å². The topological polar surface area (TPSA) is 99.6 Å². The quantitative estimate of drug-likeness (QED) is 0.762. The SMILES string of the molecule is CC(C)C(NS(=O)(=O)N(C)Cc1ccccn1)C(=O)O. The van der Waals surface area contributed by atoms with E-state index in [1.165, 1.54) is 7.05 Å². The number of rotatable bonds is 7. The molecule has 0 fully saturated rings. The number of hydrogen-bond acceptors (Lipinski definition) is 4. The number of pyridine rings is 1. The second-order valence-electron chi connectivity index (χ2n) is 4.76. The zero-order valence-corrected chi connectivity index (χ0v) is 12.5. The van der Waals surface area contributed by atoms with Gasteiger partial charge in [0.25, 0.3) is 10.2 Å². The zero-order valence-electron chi connectivity index (χ0n) is 11.6. The van der Waals surface area contributed by atoms with Gasteiger partial charge in [0.15, 0.2) is 0 Å². The number of nitrogens with one attached hydrogen (secondary N) is 1. The Kier molecular flexibility index (Phi) is 5.61. The summed E-state index contributed by atoms with van der Waals surface area (Å²) in [6, 6.07) is 4.02. The first-order valence-corrected chi connectivity index (χ1v) is 7.54. The number of nitrogens with zero attached hydrogens (tertiary/aromatic N) is 2. The van der Waals surface area contributed by atoms with Gasteiger partial charge in [-0.15, -0.1) is 0 Å². The lowest BCUT2D eigenvalue weighted by Crippen LogP contribution is -2.49. The summed E-state index contributed by atoms with van der Waals surface area (Å²) < 4.78 is 27.4. The van der Waals surface area contributed by atoms with Crippen molar-refractivity contribution in [3.63, 3.8) is 0 Å². The van der Waals surface area contributed by atoms with E-state index in [9.17, 15) is 13.2 Å². The minimum absolute atomic E-state index is 0.0700. The number of aromatic nitrogens is 1. The van der Waals surface area contributed by atoms with Crippen LogP contribution in [0.3, 0.4) is 0 Å². The third kappa shape index (κ3) is 4.55. The van der Waals surface area contributed by atoms with E-state index in [2.05, 4.69) is 9.71 Å². The molecule has 1 atom stereocenters. The van der Waals surface area contributed by atoms with Gasteiger partial charge in [-0.1, -0.05) is 19.9 Å². The maximum absolute atomic E-state index is 12.1. The molecule has 0 radical (unpaired) electrons. The van der Waals surface area contributed by atoms with Gasteiger partial charge in [0.2, 0.25) is 0 Å². The Labute approximate surface area is 118 Å². The van der Waals surface area contributed by atoms with Crippen LogP contribution in [-0.4, -0.2) is 41.9 Å². The third-order valence-electron chi connectivity index (χ3n) is 2.73. The van der Waals surface area contributed by atoms with Crippen molar-refractivity contribution >= 4 is 16.2 Å². The lowest BCUT2D eigenvalue weighted by molar-refractivity contribution is -0.140. The molecule has 1 heterocycles. The molecule has 0 spiro atoms. The largest absolute Gasteiger partial charge is 0.480 e. The number of hydrogen-bond donors (Lipinski definition) is 2. The zero-order chi connectivity index (χ0) is 15.3. The molecule has 8 heteroatoms. The van der Waals surface area contributed by atoms with E-state index in [1.54, 1.807) is 38.2 Å². The Hall–Kier alpha value is -1.51. The molecule has 0 aliphatic heterocycles. The fourth-order valence-corrected chi connectivity index (χ4v) is 2.70. The predicted octanol–water partition coefficient (Wildman–Crippen LogP) is 0.457. The summed E-state index contributed by atoms with van der Waals surface area (Å²) in [5, 5.41) is 9.02. The molecule has 2 N–H and O–H groups in total. The fraction of sp³-hybridized carbons (Fsp3) is 0.500. The smallest absolute Gasteiger partial charge is 0.322 e. The first kappa shape index (κ1) is 16.5. The average Bonchev–Trinajstić information content (AvgIpc) is 2.36. The average molecular weight is 301 g/mol. The maximum Gasteiger partial charge on any atom is 0.322 e.